The fourth-order valence-electron chi connectivity index (χ4n) is 0.0962. The Morgan fingerprint density at radius 3 is 1.50 bits per heavy atom. The first-order valence-electron chi connectivity index (χ1n) is 1.61. The first-order valence-corrected chi connectivity index (χ1v) is 2.53. The van der Waals surface area contributed by atoms with Gasteiger partial charge in [-0.25, -0.2) is 0 Å². The van der Waals surface area contributed by atoms with E-state index in [-0.39, 0.29) is 0 Å². The predicted molar refractivity (Wildman–Crippen MR) is 22.7 cm³/mol. The van der Waals surface area contributed by atoms with Crippen LogP contribution < -0.4 is 10.2 Å². The number of aliphatic carboxylic acids is 2. The van der Waals surface area contributed by atoms with Crippen LogP contribution in [0.2, 0.25) is 0 Å². The van der Waals surface area contributed by atoms with E-state index >= 15 is 0 Å². The summed E-state index contributed by atoms with van der Waals surface area (Å²) in [5.74, 6) is -3.41. The van der Waals surface area contributed by atoms with Gasteiger partial charge in [0.25, 0.3) is 0 Å². The van der Waals surface area contributed by atoms with E-state index in [9.17, 15) is 19.8 Å². The highest BCUT2D eigenvalue weighted by Gasteiger charge is 2.02. The summed E-state index contributed by atoms with van der Waals surface area (Å²) in [6, 6.07) is 0. The van der Waals surface area contributed by atoms with E-state index in [4.69, 9.17) is 0 Å². The Morgan fingerprint density at radius 1 is 1.25 bits per heavy atom. The molecule has 46 valence electrons. The van der Waals surface area contributed by atoms with Crippen LogP contribution in [0.3, 0.4) is 0 Å². The van der Waals surface area contributed by atoms with Crippen molar-refractivity contribution in [3.05, 3.63) is 0 Å². The van der Waals surface area contributed by atoms with Gasteiger partial charge in [-0.2, -0.15) is 0 Å². The number of carboxylic acid groups (broad SMARTS) is 2. The van der Waals surface area contributed by atoms with Crippen LogP contribution in [0.1, 0.15) is 0 Å². The van der Waals surface area contributed by atoms with Crippen molar-refractivity contribution in [2.24, 2.45) is 0 Å². The minimum Gasteiger partial charge on any atom is -0.549 e. The maximum atomic E-state index is 9.56. The normalized spacial score (nSPS) is 9.25. The summed E-state index contributed by atoms with van der Waals surface area (Å²) < 4.78 is 0. The Hall–Kier alpha value is -0.580. The molecule has 0 saturated heterocycles. The number of hydrogen-bond donors (Lipinski definition) is 0. The average Bonchev–Trinajstić information content (AvgIpc) is 1.64. The number of carbonyl (C=O) groups is 2. The zero-order valence-electron chi connectivity index (χ0n) is 3.59. The summed E-state index contributed by atoms with van der Waals surface area (Å²) in [5.41, 5.74) is 0. The maximum Gasteiger partial charge on any atom is 0.0935 e. The SMILES string of the molecule is O=C([O-])C(Br)C(=O)[O-]. The zero-order chi connectivity index (χ0) is 6.73. The zero-order valence-corrected chi connectivity index (χ0v) is 5.17. The van der Waals surface area contributed by atoms with Gasteiger partial charge in [-0.3, -0.25) is 0 Å². The van der Waals surface area contributed by atoms with Crippen LogP contribution in [0, 0.1) is 0 Å². The third-order valence-corrected chi connectivity index (χ3v) is 1.16. The van der Waals surface area contributed by atoms with Gasteiger partial charge in [0.1, 0.15) is 0 Å². The summed E-state index contributed by atoms with van der Waals surface area (Å²) >= 11 is 2.28. The van der Waals surface area contributed by atoms with Gasteiger partial charge in [0.15, 0.2) is 0 Å². The fraction of sp³-hybridized carbons (Fsp3) is 0.333. The highest BCUT2D eigenvalue weighted by molar-refractivity contribution is 9.10. The van der Waals surface area contributed by atoms with Crippen molar-refractivity contribution in [1.82, 2.24) is 0 Å². The number of carboxylic acids is 2. The largest absolute Gasteiger partial charge is 0.549 e. The summed E-state index contributed by atoms with van der Waals surface area (Å²) in [6.07, 6.45) is 0. The molecule has 0 spiro atoms. The Morgan fingerprint density at radius 2 is 1.50 bits per heavy atom. The van der Waals surface area contributed by atoms with Gasteiger partial charge in [0.05, 0.1) is 16.8 Å². The highest BCUT2D eigenvalue weighted by atomic mass is 79.9. The van der Waals surface area contributed by atoms with Gasteiger partial charge >= 0.3 is 0 Å². The molecule has 8 heavy (non-hydrogen) atoms. The van der Waals surface area contributed by atoms with Gasteiger partial charge in [-0.15, -0.1) is 0 Å². The summed E-state index contributed by atoms with van der Waals surface area (Å²) in [4.78, 5) is 17.4. The van der Waals surface area contributed by atoms with Crippen LogP contribution in [-0.4, -0.2) is 16.8 Å². The van der Waals surface area contributed by atoms with Gasteiger partial charge in [0, 0.05) is 0 Å². The third kappa shape index (κ3) is 1.92. The van der Waals surface area contributed by atoms with Crippen LogP contribution in [-0.2, 0) is 9.59 Å². The molecular formula is C3HBrO4-2. The number of carbonyl (C=O) groups excluding carboxylic acids is 2. The van der Waals surface area contributed by atoms with Crippen molar-refractivity contribution in [3.8, 4) is 0 Å². The summed E-state index contributed by atoms with van der Waals surface area (Å²) in [7, 11) is 0. The van der Waals surface area contributed by atoms with Crippen molar-refractivity contribution >= 4 is 27.9 Å². The Labute approximate surface area is 53.2 Å². The molecule has 0 radical (unpaired) electrons. The van der Waals surface area contributed by atoms with E-state index in [1.54, 1.807) is 0 Å². The van der Waals surface area contributed by atoms with Crippen molar-refractivity contribution < 1.29 is 19.8 Å². The van der Waals surface area contributed by atoms with Crippen molar-refractivity contribution in [1.29, 1.82) is 0 Å². The summed E-state index contributed by atoms with van der Waals surface area (Å²) in [6.45, 7) is 0. The lowest BCUT2D eigenvalue weighted by Crippen LogP contribution is -2.44. The van der Waals surface area contributed by atoms with Crippen molar-refractivity contribution in [2.45, 2.75) is 4.83 Å². The molecule has 0 aliphatic rings. The molecule has 0 bridgehead atoms. The second-order valence-electron chi connectivity index (χ2n) is 1.00. The molecule has 0 unspecified atom stereocenters. The number of rotatable bonds is 2. The van der Waals surface area contributed by atoms with Crippen molar-refractivity contribution in [2.75, 3.05) is 0 Å². The van der Waals surface area contributed by atoms with Gasteiger partial charge < -0.3 is 19.8 Å². The van der Waals surface area contributed by atoms with Gasteiger partial charge in [-0.1, -0.05) is 15.9 Å². The van der Waals surface area contributed by atoms with E-state index < -0.39 is 16.8 Å². The van der Waals surface area contributed by atoms with Gasteiger partial charge in [-0.05, 0) is 0 Å². The molecule has 0 saturated carbocycles. The lowest BCUT2D eigenvalue weighted by Gasteiger charge is -2.09. The minimum atomic E-state index is -1.71. The second-order valence-corrected chi connectivity index (χ2v) is 1.92. The Bertz CT molecular complexity index is 106. The molecule has 0 rings (SSSR count). The smallest absolute Gasteiger partial charge is 0.0935 e. The standard InChI is InChI=1S/C3H3BrO4/c4-1(2(5)6)3(7)8/h1H,(H,5,6)(H,7,8)/p-2. The molecule has 0 atom stereocenters. The van der Waals surface area contributed by atoms with E-state index in [0.717, 1.165) is 0 Å². The molecule has 0 aliphatic carbocycles. The molecule has 5 heteroatoms. The van der Waals surface area contributed by atoms with Crippen LogP contribution in [0.5, 0.6) is 0 Å². The lowest BCUT2D eigenvalue weighted by atomic mass is 10.4. The van der Waals surface area contributed by atoms with E-state index in [1.165, 1.54) is 0 Å². The molecule has 0 heterocycles. The molecule has 0 N–H and O–H groups in total. The molecule has 0 aromatic carbocycles. The summed E-state index contributed by atoms with van der Waals surface area (Å²) in [5, 5.41) is 19.1. The average molecular weight is 181 g/mol. The number of alkyl halides is 1. The maximum absolute atomic E-state index is 9.56. The second kappa shape index (κ2) is 2.66. The van der Waals surface area contributed by atoms with E-state index in [0.29, 0.717) is 0 Å². The number of hydrogen-bond acceptors (Lipinski definition) is 4. The molecular weight excluding hydrogens is 180 g/mol. The van der Waals surface area contributed by atoms with Crippen LogP contribution in [0.4, 0.5) is 0 Å². The quantitative estimate of drug-likeness (QED) is 0.341. The van der Waals surface area contributed by atoms with Crippen LogP contribution in [0.15, 0.2) is 0 Å². The van der Waals surface area contributed by atoms with Crippen LogP contribution in [0.25, 0.3) is 0 Å². The lowest BCUT2D eigenvalue weighted by molar-refractivity contribution is -0.320. The van der Waals surface area contributed by atoms with E-state index in [1.807, 2.05) is 0 Å². The fourth-order valence-corrected chi connectivity index (χ4v) is 0.0962. The third-order valence-electron chi connectivity index (χ3n) is 0.414. The molecule has 0 amide bonds. The van der Waals surface area contributed by atoms with Crippen molar-refractivity contribution in [3.63, 3.8) is 0 Å². The molecule has 4 nitrogen and oxygen atoms in total. The first kappa shape index (κ1) is 7.42. The minimum absolute atomic E-state index is 1.70. The molecule has 0 fully saturated rings. The molecule has 0 aromatic heterocycles. The highest BCUT2D eigenvalue weighted by Crippen LogP contribution is 1.93. The molecule has 0 aliphatic heterocycles. The van der Waals surface area contributed by atoms with Crippen LogP contribution >= 0.6 is 15.9 Å². The van der Waals surface area contributed by atoms with Gasteiger partial charge in [0.2, 0.25) is 0 Å². The Kier molecular flexibility index (Phi) is 2.47. The monoisotopic (exact) mass is 180 g/mol. The van der Waals surface area contributed by atoms with E-state index in [2.05, 4.69) is 15.9 Å². The predicted octanol–water partition coefficient (Wildman–Crippen LogP) is -2.75. The topological polar surface area (TPSA) is 80.3 Å². The Balaban J connectivity index is 3.83. The molecule has 0 aromatic rings. The number of halogens is 1. The first-order chi connectivity index (χ1) is 3.55.